The summed E-state index contributed by atoms with van der Waals surface area (Å²) in [5, 5.41) is 0. The van der Waals surface area contributed by atoms with E-state index in [0.29, 0.717) is 0 Å². The maximum absolute atomic E-state index is 3.40. The van der Waals surface area contributed by atoms with Crippen molar-refractivity contribution in [3.05, 3.63) is 8.37 Å². The molecule has 0 fully saturated rings. The first-order valence-electron chi connectivity index (χ1n) is 0.644. The van der Waals surface area contributed by atoms with Crippen LogP contribution in [0.2, 0.25) is 0 Å². The Labute approximate surface area is 70.5 Å². The zero-order valence-electron chi connectivity index (χ0n) is 2.45. The first-order chi connectivity index (χ1) is 1.41. The minimum atomic E-state index is 0. The molecule has 0 heterocycles. The summed E-state index contributed by atoms with van der Waals surface area (Å²) in [7, 11) is 0. The van der Waals surface area contributed by atoms with Crippen molar-refractivity contribution in [3.63, 3.8) is 0 Å². The normalized spacial score (nSPS) is 2.20. The monoisotopic (exact) mass is 249 g/mol. The van der Waals surface area contributed by atoms with E-state index in [-0.39, 0.29) is 24.8 Å². The van der Waals surface area contributed by atoms with E-state index in [2.05, 4.69) is 6.58 Å². The molecule has 0 nitrogen and oxygen atoms in total. The number of hydrogen-bond donors (Lipinski definition) is 0. The van der Waals surface area contributed by atoms with Gasteiger partial charge in [-0.2, -0.15) is 0 Å². The van der Waals surface area contributed by atoms with Gasteiger partial charge in [0.25, 0.3) is 0 Å². The Hall–Kier alpha value is 1.66. The van der Waals surface area contributed by atoms with Crippen molar-refractivity contribution in [2.24, 2.45) is 0 Å². The standard InChI is InChI=1S/C2H3.2ClH.Sm/c1-2;;;/h1H,2H2;2*1H;/q;;;+2/p-2. The fourth-order valence-corrected chi connectivity index (χ4v) is 0. The number of halogens is 2. The predicted octanol–water partition coefficient (Wildman–Crippen LogP) is -5.31. The number of hydrogen-bond acceptors (Lipinski definition) is 0. The minimum Gasteiger partial charge on any atom is -1.00 e. The van der Waals surface area contributed by atoms with Gasteiger partial charge in [0.05, 0.1) is 0 Å². The van der Waals surface area contributed by atoms with Crippen LogP contribution in [-0.2, 0) is 0 Å². The van der Waals surface area contributed by atoms with Gasteiger partial charge in [-0.15, -0.1) is 0 Å². The molecule has 0 unspecified atom stereocenters. The van der Waals surface area contributed by atoms with Crippen molar-refractivity contribution in [3.8, 4) is 0 Å². The third-order valence-corrected chi connectivity index (χ3v) is 0. The molecule has 31 valence electrons. The van der Waals surface area contributed by atoms with Crippen LogP contribution in [0.1, 0.15) is 0 Å². The molecule has 0 amide bonds. The molecule has 0 saturated carbocycles. The quantitative estimate of drug-likeness (QED) is 0.402. The van der Waals surface area contributed by atoms with Crippen LogP contribution in [0.5, 0.6) is 0 Å². The second kappa shape index (κ2) is 17.4. The molecule has 0 aromatic heterocycles. The van der Waals surface area contributed by atoms with Crippen molar-refractivity contribution in [1.82, 2.24) is 0 Å². The van der Waals surface area contributed by atoms with Gasteiger partial charge in [-0.1, -0.05) is 0 Å². The third-order valence-electron chi connectivity index (χ3n) is 0. The van der Waals surface area contributed by atoms with Crippen LogP contribution >= 0.6 is 0 Å². The van der Waals surface area contributed by atoms with Crippen LogP contribution in [0, 0.1) is 38.3 Å². The van der Waals surface area contributed by atoms with Crippen LogP contribution in [-0.4, -0.2) is 0 Å². The van der Waals surface area contributed by atoms with E-state index >= 15 is 0 Å². The van der Waals surface area contributed by atoms with Crippen molar-refractivity contribution >= 4 is 0 Å². The molecule has 0 saturated heterocycles. The first kappa shape index (κ1) is 15.9. The molecule has 0 bridgehead atoms. The summed E-state index contributed by atoms with van der Waals surface area (Å²) in [5.41, 5.74) is 0. The number of rotatable bonds is 0. The van der Waals surface area contributed by atoms with E-state index < -0.39 is 0 Å². The molecule has 0 aliphatic carbocycles. The van der Waals surface area contributed by atoms with Gasteiger partial charge >= 0.3 is 46.7 Å². The van der Waals surface area contributed by atoms with Crippen LogP contribution < -0.4 is 24.8 Å². The van der Waals surface area contributed by atoms with Crippen LogP contribution in [0.3, 0.4) is 0 Å². The van der Waals surface area contributed by atoms with Gasteiger partial charge in [0.15, 0.2) is 0 Å². The zero-order valence-corrected chi connectivity index (χ0v) is 6.58. The third kappa shape index (κ3) is 27.5. The Bertz CT molecular complexity index is 15.1. The first-order valence-corrected chi connectivity index (χ1v) is 2.16. The van der Waals surface area contributed by atoms with E-state index in [0.717, 1.165) is 0 Å². The van der Waals surface area contributed by atoms with E-state index in [9.17, 15) is 0 Å². The van der Waals surface area contributed by atoms with Gasteiger partial charge in [-0.05, 0) is 0 Å². The fourth-order valence-electron chi connectivity index (χ4n) is 0. The van der Waals surface area contributed by atoms with Crippen molar-refractivity contribution in [2.75, 3.05) is 0 Å². The topological polar surface area (TPSA) is 0 Å². The molecule has 5 heavy (non-hydrogen) atoms. The van der Waals surface area contributed by atoms with Crippen LogP contribution in [0.15, 0.2) is 8.37 Å². The zero-order chi connectivity index (χ0) is 2.71. The second-order valence-electron chi connectivity index (χ2n) is 0.167. The molecule has 0 spiro atoms. The average Bonchev–Trinajstić information content (AvgIpc) is 0.918. The Morgan fingerprint density at radius 2 is 1.40 bits per heavy atom. The molecule has 0 rings (SSSR count). The summed E-state index contributed by atoms with van der Waals surface area (Å²) < 4.78 is 1.83. The molecule has 3 heteroatoms. The van der Waals surface area contributed by atoms with Gasteiger partial charge in [-0.3, -0.25) is 0 Å². The average molecular weight is 248 g/mol. The van der Waals surface area contributed by atoms with Gasteiger partial charge < -0.3 is 24.8 Å². The van der Waals surface area contributed by atoms with Gasteiger partial charge in [0, 0.05) is 0 Å². The largest absolute Gasteiger partial charge is 1.00 e. The SMILES string of the molecule is C=[CH][Sm+2].[Cl-].[Cl-]. The summed E-state index contributed by atoms with van der Waals surface area (Å²) in [6.07, 6.45) is 0. The molecule has 0 aromatic carbocycles. The molecular formula is C2H3Cl2Sm. The second-order valence-corrected chi connectivity index (χ2v) is 1.24. The Morgan fingerprint density at radius 1 is 1.40 bits per heavy atom. The molecule has 0 radical (unpaired) electrons. The maximum Gasteiger partial charge on any atom is -1.00 e. The smallest absolute Gasteiger partial charge is 1.00 e. The van der Waals surface area contributed by atoms with Crippen molar-refractivity contribution in [2.45, 2.75) is 0 Å². The summed E-state index contributed by atoms with van der Waals surface area (Å²) in [6, 6.07) is 0. The van der Waals surface area contributed by atoms with E-state index in [1.165, 1.54) is 38.3 Å². The van der Waals surface area contributed by atoms with Gasteiger partial charge in [0.2, 0.25) is 0 Å². The molecule has 0 aliphatic rings. The van der Waals surface area contributed by atoms with Crippen molar-refractivity contribution in [1.29, 1.82) is 0 Å². The van der Waals surface area contributed by atoms with Crippen LogP contribution in [0.4, 0.5) is 0 Å². The molecule has 0 atom stereocenters. The molecule has 0 N–H and O–H groups in total. The Balaban J connectivity index is -0.0000000200. The Morgan fingerprint density at radius 3 is 1.40 bits per heavy atom. The van der Waals surface area contributed by atoms with E-state index in [1.807, 2.05) is 1.79 Å². The molecular weight excluding hydrogens is 245 g/mol. The van der Waals surface area contributed by atoms with Crippen molar-refractivity contribution < 1.29 is 63.2 Å². The summed E-state index contributed by atoms with van der Waals surface area (Å²) in [4.78, 5) is 0. The summed E-state index contributed by atoms with van der Waals surface area (Å²) in [6.45, 7) is 3.40. The molecule has 0 aliphatic heterocycles. The Kier molecular flexibility index (Phi) is 55.4. The van der Waals surface area contributed by atoms with Gasteiger partial charge in [-0.25, -0.2) is 0 Å². The predicted molar refractivity (Wildman–Crippen MR) is 10.2 cm³/mol. The maximum atomic E-state index is 3.40. The van der Waals surface area contributed by atoms with Crippen LogP contribution in [0.25, 0.3) is 0 Å². The summed E-state index contributed by atoms with van der Waals surface area (Å²) >= 11 is 1.44. The van der Waals surface area contributed by atoms with E-state index in [1.54, 1.807) is 0 Å². The molecule has 0 aromatic rings. The minimum absolute atomic E-state index is 0. The van der Waals surface area contributed by atoms with E-state index in [4.69, 9.17) is 0 Å². The fraction of sp³-hybridized carbons (Fsp3) is 0. The summed E-state index contributed by atoms with van der Waals surface area (Å²) in [5.74, 6) is 0. The van der Waals surface area contributed by atoms with Gasteiger partial charge in [0.1, 0.15) is 0 Å².